The summed E-state index contributed by atoms with van der Waals surface area (Å²) in [5, 5.41) is 3.12. The van der Waals surface area contributed by atoms with Gasteiger partial charge in [0.1, 0.15) is 6.04 Å². The number of rotatable bonds is 9. The van der Waals surface area contributed by atoms with E-state index in [0.29, 0.717) is 17.4 Å². The number of likely N-dealkylation sites (tertiary alicyclic amines) is 2. The van der Waals surface area contributed by atoms with E-state index in [9.17, 15) is 14.4 Å². The Hall–Kier alpha value is -1.89. The molecule has 5 atom stereocenters. The molecule has 0 aromatic heterocycles. The molecule has 0 aromatic rings. The second-order valence-corrected chi connectivity index (χ2v) is 12.8. The quantitative estimate of drug-likeness (QED) is 0.461. The average Bonchev–Trinajstić information content (AvgIpc) is 2.83. The fraction of sp³-hybridized carbons (Fsp3) is 0.833. The molecule has 0 aromatic carbocycles. The van der Waals surface area contributed by atoms with Crippen LogP contribution in [0.4, 0.5) is 0 Å². The molecule has 0 aliphatic carbocycles. The largest absolute Gasteiger partial charge is 0.343 e. The summed E-state index contributed by atoms with van der Waals surface area (Å²) in [4.78, 5) is 46.4. The number of amides is 3. The maximum Gasteiger partial charge on any atom is 0.249 e. The summed E-state index contributed by atoms with van der Waals surface area (Å²) in [5.41, 5.74) is 0.680. The molecule has 0 bridgehead atoms. The van der Waals surface area contributed by atoms with Crippen molar-refractivity contribution < 1.29 is 14.4 Å². The van der Waals surface area contributed by atoms with E-state index in [4.69, 9.17) is 0 Å². The van der Waals surface area contributed by atoms with Crippen molar-refractivity contribution >= 4 is 17.7 Å². The third-order valence-electron chi connectivity index (χ3n) is 8.13. The van der Waals surface area contributed by atoms with Crippen molar-refractivity contribution in [3.05, 3.63) is 11.6 Å². The van der Waals surface area contributed by atoms with Crippen LogP contribution in [0.3, 0.4) is 0 Å². The van der Waals surface area contributed by atoms with Gasteiger partial charge in [-0.05, 0) is 70.3 Å². The highest BCUT2D eigenvalue weighted by molar-refractivity contribution is 5.93. The second kappa shape index (κ2) is 13.8. The summed E-state index contributed by atoms with van der Waals surface area (Å²) in [6.07, 6.45) is 6.06. The molecule has 1 N–H and O–H groups in total. The first-order valence-corrected chi connectivity index (χ1v) is 14.5. The Labute approximate surface area is 226 Å². The molecule has 0 radical (unpaired) electrons. The van der Waals surface area contributed by atoms with Crippen LogP contribution in [0.2, 0.25) is 0 Å². The standard InChI is InChI=1S/C30H54N4O3/c1-19(2)26(16-24(9)29(36)33-17-22(7)15-23(8)18-33)32(10)30(37)27(20(3)4)31-28(35)25-13-11-12-14-34(25)21(5)6/h16,19-23,25-27H,11-15,17-18H2,1-10H3,(H,31,35)/b24-16+/t22-,23?,25?,26+,27?/m0/s1. The van der Waals surface area contributed by atoms with Gasteiger partial charge in [-0.3, -0.25) is 19.3 Å². The molecule has 0 saturated carbocycles. The van der Waals surface area contributed by atoms with Crippen molar-refractivity contribution in [2.45, 2.75) is 112 Å². The van der Waals surface area contributed by atoms with Crippen LogP contribution < -0.4 is 5.32 Å². The third-order valence-corrected chi connectivity index (χ3v) is 8.13. The van der Waals surface area contributed by atoms with Gasteiger partial charge in [0.15, 0.2) is 0 Å². The minimum Gasteiger partial charge on any atom is -0.343 e. The van der Waals surface area contributed by atoms with Crippen LogP contribution in [0.15, 0.2) is 11.6 Å². The van der Waals surface area contributed by atoms with Gasteiger partial charge in [-0.1, -0.05) is 54.0 Å². The number of hydrogen-bond acceptors (Lipinski definition) is 4. The van der Waals surface area contributed by atoms with Gasteiger partial charge in [-0.2, -0.15) is 0 Å². The third kappa shape index (κ3) is 8.30. The predicted molar refractivity (Wildman–Crippen MR) is 151 cm³/mol. The molecular weight excluding hydrogens is 464 g/mol. The average molecular weight is 519 g/mol. The Morgan fingerprint density at radius 3 is 2.05 bits per heavy atom. The molecule has 2 fully saturated rings. The lowest BCUT2D eigenvalue weighted by atomic mass is 9.91. The van der Waals surface area contributed by atoms with E-state index < -0.39 is 6.04 Å². The normalized spacial score (nSPS) is 25.4. The highest BCUT2D eigenvalue weighted by Gasteiger charge is 2.36. The summed E-state index contributed by atoms with van der Waals surface area (Å²) in [6.45, 7) is 21.1. The van der Waals surface area contributed by atoms with Gasteiger partial charge in [0, 0.05) is 31.8 Å². The van der Waals surface area contributed by atoms with Gasteiger partial charge in [0.2, 0.25) is 17.7 Å². The summed E-state index contributed by atoms with van der Waals surface area (Å²) in [7, 11) is 1.80. The van der Waals surface area contributed by atoms with E-state index in [2.05, 4.69) is 51.8 Å². The summed E-state index contributed by atoms with van der Waals surface area (Å²) < 4.78 is 0. The molecular formula is C30H54N4O3. The lowest BCUT2D eigenvalue weighted by Crippen LogP contribution is -2.58. The number of nitrogens with one attached hydrogen (secondary N) is 1. The van der Waals surface area contributed by atoms with Crippen molar-refractivity contribution in [3.63, 3.8) is 0 Å². The SMILES string of the molecule is C/C(=C\[C@H](C(C)C)N(C)C(=O)C(NC(=O)C1CCCCN1C(C)C)C(C)C)C(=O)N1CC(C)C[C@H](C)C1. The Balaban J connectivity index is 2.19. The predicted octanol–water partition coefficient (Wildman–Crippen LogP) is 4.32. The Morgan fingerprint density at radius 1 is 0.946 bits per heavy atom. The molecule has 2 rings (SSSR count). The number of piperidine rings is 2. The van der Waals surface area contributed by atoms with Gasteiger partial charge in [0.25, 0.3) is 0 Å². The number of hydrogen-bond donors (Lipinski definition) is 1. The Kier molecular flexibility index (Phi) is 11.7. The number of carbonyl (C=O) groups excluding carboxylic acids is 3. The molecule has 2 aliphatic rings. The molecule has 2 aliphatic heterocycles. The van der Waals surface area contributed by atoms with Gasteiger partial charge >= 0.3 is 0 Å². The fourth-order valence-corrected chi connectivity index (χ4v) is 6.14. The van der Waals surface area contributed by atoms with Gasteiger partial charge in [0.05, 0.1) is 12.1 Å². The maximum absolute atomic E-state index is 13.8. The fourth-order valence-electron chi connectivity index (χ4n) is 6.14. The maximum atomic E-state index is 13.8. The van der Waals surface area contributed by atoms with E-state index in [1.807, 2.05) is 31.7 Å². The molecule has 3 amide bonds. The van der Waals surface area contributed by atoms with E-state index in [1.54, 1.807) is 11.9 Å². The lowest BCUT2D eigenvalue weighted by molar-refractivity contribution is -0.140. The first-order chi connectivity index (χ1) is 17.2. The zero-order valence-corrected chi connectivity index (χ0v) is 25.2. The zero-order chi connectivity index (χ0) is 28.0. The first-order valence-electron chi connectivity index (χ1n) is 14.5. The van der Waals surface area contributed by atoms with Crippen LogP contribution in [-0.2, 0) is 14.4 Å². The first kappa shape index (κ1) is 31.3. The Morgan fingerprint density at radius 2 is 1.54 bits per heavy atom. The van der Waals surface area contributed by atoms with Crippen molar-refractivity contribution in [2.24, 2.45) is 23.7 Å². The highest BCUT2D eigenvalue weighted by Crippen LogP contribution is 2.24. The molecule has 7 heteroatoms. The van der Waals surface area contributed by atoms with Gasteiger partial charge < -0.3 is 15.1 Å². The van der Waals surface area contributed by atoms with Crippen molar-refractivity contribution in [1.82, 2.24) is 20.0 Å². The number of carbonyl (C=O) groups is 3. The molecule has 2 saturated heterocycles. The molecule has 37 heavy (non-hydrogen) atoms. The minimum absolute atomic E-state index is 0.0502. The van der Waals surface area contributed by atoms with E-state index in [-0.39, 0.29) is 47.7 Å². The Bertz CT molecular complexity index is 812. The van der Waals surface area contributed by atoms with Crippen molar-refractivity contribution in [2.75, 3.05) is 26.7 Å². The second-order valence-electron chi connectivity index (χ2n) is 12.8. The number of nitrogens with zero attached hydrogens (tertiary/aromatic N) is 3. The molecule has 2 heterocycles. The number of likely N-dealkylation sites (N-methyl/N-ethyl adjacent to an activating group) is 1. The molecule has 7 nitrogen and oxygen atoms in total. The van der Waals surface area contributed by atoms with Crippen LogP contribution >= 0.6 is 0 Å². The van der Waals surface area contributed by atoms with E-state index in [0.717, 1.165) is 45.3 Å². The topological polar surface area (TPSA) is 73.0 Å². The minimum atomic E-state index is -0.608. The molecule has 0 spiro atoms. The summed E-state index contributed by atoms with van der Waals surface area (Å²) in [6, 6.07) is -0.754. The van der Waals surface area contributed by atoms with Crippen LogP contribution in [0.1, 0.15) is 88.0 Å². The van der Waals surface area contributed by atoms with Gasteiger partial charge in [-0.15, -0.1) is 0 Å². The van der Waals surface area contributed by atoms with Crippen LogP contribution in [-0.4, -0.2) is 83.3 Å². The molecule has 212 valence electrons. The highest BCUT2D eigenvalue weighted by atomic mass is 16.2. The molecule has 3 unspecified atom stereocenters. The van der Waals surface area contributed by atoms with Crippen molar-refractivity contribution in [3.8, 4) is 0 Å². The zero-order valence-electron chi connectivity index (χ0n) is 25.2. The van der Waals surface area contributed by atoms with Gasteiger partial charge in [-0.25, -0.2) is 0 Å². The summed E-state index contributed by atoms with van der Waals surface area (Å²) >= 11 is 0. The monoisotopic (exact) mass is 518 g/mol. The summed E-state index contributed by atoms with van der Waals surface area (Å²) in [5.74, 6) is 0.967. The van der Waals surface area contributed by atoms with Crippen LogP contribution in [0, 0.1) is 23.7 Å². The smallest absolute Gasteiger partial charge is 0.249 e. The van der Waals surface area contributed by atoms with Crippen molar-refractivity contribution in [1.29, 1.82) is 0 Å². The van der Waals surface area contributed by atoms with Crippen LogP contribution in [0.25, 0.3) is 0 Å². The van der Waals surface area contributed by atoms with E-state index in [1.165, 1.54) is 0 Å². The van der Waals surface area contributed by atoms with Crippen LogP contribution in [0.5, 0.6) is 0 Å². The van der Waals surface area contributed by atoms with E-state index >= 15 is 0 Å². The lowest BCUT2D eigenvalue weighted by Gasteiger charge is -2.39.